The summed E-state index contributed by atoms with van der Waals surface area (Å²) in [5, 5.41) is 22.1. The molecule has 2 aliphatic rings. The van der Waals surface area contributed by atoms with Crippen LogP contribution in [0.15, 0.2) is 35.7 Å². The van der Waals surface area contributed by atoms with Gasteiger partial charge in [-0.15, -0.1) is 11.8 Å². The second-order valence-electron chi connectivity index (χ2n) is 7.88. The van der Waals surface area contributed by atoms with Crippen molar-refractivity contribution in [1.82, 2.24) is 10.2 Å². The lowest BCUT2D eigenvalue weighted by Crippen LogP contribution is -2.70. The maximum absolute atomic E-state index is 12.7. The van der Waals surface area contributed by atoms with E-state index in [1.165, 1.54) is 23.9 Å². The molecule has 0 saturated carbocycles. The first-order valence-corrected chi connectivity index (χ1v) is 11.8. The number of carbonyl (C=O) groups excluding carboxylic acids is 4. The SMILES string of the molecule is NC(=O)OCC1=C(OC(=O)O)N2C(=O)[C@@H](NC(=O)Cc3ccc(NC(=O)OC[C@@H](N)C(=O)O)cc3)[C@@H]2SC1. The molecule has 17 heteroatoms. The molecular weight excluding hydrogens is 530 g/mol. The topological polar surface area (TPSA) is 250 Å². The van der Waals surface area contributed by atoms with E-state index >= 15 is 0 Å². The van der Waals surface area contributed by atoms with E-state index in [-0.39, 0.29) is 30.2 Å². The molecule has 0 bridgehead atoms. The van der Waals surface area contributed by atoms with E-state index in [0.29, 0.717) is 11.3 Å². The van der Waals surface area contributed by atoms with Gasteiger partial charge in [-0.1, -0.05) is 12.1 Å². The molecule has 16 nitrogen and oxygen atoms in total. The Bertz CT molecular complexity index is 1170. The molecule has 1 aromatic carbocycles. The molecule has 8 N–H and O–H groups in total. The van der Waals surface area contributed by atoms with Crippen LogP contribution in [0.3, 0.4) is 0 Å². The highest BCUT2D eigenvalue weighted by molar-refractivity contribution is 8.00. The van der Waals surface area contributed by atoms with E-state index in [4.69, 9.17) is 31.2 Å². The fourth-order valence-corrected chi connectivity index (χ4v) is 4.68. The number of nitrogens with zero attached hydrogens (tertiary/aromatic N) is 1. The minimum absolute atomic E-state index is 0.106. The van der Waals surface area contributed by atoms with Crippen LogP contribution in [0.4, 0.5) is 20.1 Å². The number of primary amides is 1. The van der Waals surface area contributed by atoms with Gasteiger partial charge in [-0.2, -0.15) is 0 Å². The summed E-state index contributed by atoms with van der Waals surface area (Å²) in [6.45, 7) is -0.880. The largest absolute Gasteiger partial charge is 0.512 e. The lowest BCUT2D eigenvalue weighted by Gasteiger charge is -2.49. The van der Waals surface area contributed by atoms with Crippen LogP contribution in [0.1, 0.15) is 5.56 Å². The van der Waals surface area contributed by atoms with Gasteiger partial charge in [0.05, 0.1) is 6.42 Å². The number of thioether (sulfide) groups is 1. The normalized spacial score (nSPS) is 18.9. The van der Waals surface area contributed by atoms with E-state index < -0.39 is 60.2 Å². The summed E-state index contributed by atoms with van der Waals surface area (Å²) in [6, 6.07) is 3.79. The quantitative estimate of drug-likeness (QED) is 0.123. The molecule has 2 heterocycles. The molecule has 0 unspecified atom stereocenters. The Hall–Kier alpha value is -4.51. The molecule has 204 valence electrons. The van der Waals surface area contributed by atoms with E-state index in [2.05, 4.69) is 15.4 Å². The number of anilines is 1. The Labute approximate surface area is 218 Å². The number of nitrogens with two attached hydrogens (primary N) is 2. The zero-order valence-corrected chi connectivity index (χ0v) is 20.3. The Balaban J connectivity index is 1.54. The zero-order valence-electron chi connectivity index (χ0n) is 19.4. The maximum Gasteiger partial charge on any atom is 0.512 e. The third-order valence-electron chi connectivity index (χ3n) is 5.16. The van der Waals surface area contributed by atoms with Crippen molar-refractivity contribution in [2.45, 2.75) is 23.9 Å². The summed E-state index contributed by atoms with van der Waals surface area (Å²) >= 11 is 1.21. The molecule has 0 radical (unpaired) electrons. The molecule has 3 rings (SSSR count). The molecule has 0 aromatic heterocycles. The summed E-state index contributed by atoms with van der Waals surface area (Å²) in [7, 11) is 0. The molecule has 4 amide bonds. The van der Waals surface area contributed by atoms with Gasteiger partial charge in [0.1, 0.15) is 30.7 Å². The summed E-state index contributed by atoms with van der Waals surface area (Å²) in [4.78, 5) is 70.7. The van der Waals surface area contributed by atoms with Gasteiger partial charge in [-0.3, -0.25) is 24.6 Å². The van der Waals surface area contributed by atoms with Crippen LogP contribution in [0, 0.1) is 0 Å². The van der Waals surface area contributed by atoms with Crippen molar-refractivity contribution in [3.8, 4) is 0 Å². The number of hydrogen-bond acceptors (Lipinski definition) is 11. The van der Waals surface area contributed by atoms with Crippen molar-refractivity contribution in [3.05, 3.63) is 41.3 Å². The first kappa shape index (κ1) is 28.1. The Kier molecular flexibility index (Phi) is 8.98. The summed E-state index contributed by atoms with van der Waals surface area (Å²) < 4.78 is 14.1. The molecule has 0 spiro atoms. The van der Waals surface area contributed by atoms with Crippen molar-refractivity contribution < 1.29 is 53.2 Å². The van der Waals surface area contributed by atoms with Crippen molar-refractivity contribution in [3.63, 3.8) is 0 Å². The standard InChI is InChI=1S/C21H23N5O11S/c22-12(18(29)30)7-36-20(32)24-11-3-1-9(2-4-11)5-13(27)25-14-15(28)26-16(37-21(33)34)10(6-35-19(23)31)8-38-17(14)26/h1-4,12,14,17H,5-8,22H2,(H2,23,31)(H,24,32)(H,25,27)(H,29,30)(H,33,34)/t12-,14-,17+/m1/s1. The van der Waals surface area contributed by atoms with Crippen molar-refractivity contribution in [1.29, 1.82) is 0 Å². The highest BCUT2D eigenvalue weighted by Crippen LogP contribution is 2.40. The number of carbonyl (C=O) groups is 6. The van der Waals surface area contributed by atoms with Gasteiger partial charge in [0.15, 0.2) is 0 Å². The lowest BCUT2D eigenvalue weighted by molar-refractivity contribution is -0.149. The number of hydrogen-bond donors (Lipinski definition) is 6. The Morgan fingerprint density at radius 3 is 2.42 bits per heavy atom. The molecular formula is C21H23N5O11S. The number of carboxylic acid groups (broad SMARTS) is 2. The van der Waals surface area contributed by atoms with Crippen molar-refractivity contribution >= 4 is 53.6 Å². The molecule has 1 saturated heterocycles. The number of benzene rings is 1. The van der Waals surface area contributed by atoms with Gasteiger partial charge >= 0.3 is 24.3 Å². The van der Waals surface area contributed by atoms with Crippen LogP contribution >= 0.6 is 11.8 Å². The van der Waals surface area contributed by atoms with Gasteiger partial charge in [0.2, 0.25) is 11.8 Å². The third kappa shape index (κ3) is 7.04. The number of carboxylic acids is 1. The minimum Gasteiger partial charge on any atom is -0.480 e. The summed E-state index contributed by atoms with van der Waals surface area (Å²) in [5.74, 6) is -2.54. The number of aliphatic carboxylic acids is 1. The van der Waals surface area contributed by atoms with Gasteiger partial charge in [0, 0.05) is 17.0 Å². The lowest BCUT2D eigenvalue weighted by atomic mass is 10.0. The van der Waals surface area contributed by atoms with Crippen LogP contribution in [0.2, 0.25) is 0 Å². The van der Waals surface area contributed by atoms with Crippen LogP contribution < -0.4 is 22.1 Å². The predicted octanol–water partition coefficient (Wildman–Crippen LogP) is -0.409. The van der Waals surface area contributed by atoms with Crippen molar-refractivity contribution in [2.75, 3.05) is 24.3 Å². The first-order valence-electron chi connectivity index (χ1n) is 10.8. The monoisotopic (exact) mass is 553 g/mol. The fraction of sp³-hybridized carbons (Fsp3) is 0.333. The minimum atomic E-state index is -1.67. The fourth-order valence-electron chi connectivity index (χ4n) is 3.37. The van der Waals surface area contributed by atoms with Gasteiger partial charge in [0.25, 0.3) is 5.91 Å². The van der Waals surface area contributed by atoms with Crippen LogP contribution in [0.25, 0.3) is 0 Å². The maximum atomic E-state index is 12.7. The molecule has 1 aromatic rings. The first-order chi connectivity index (χ1) is 18.0. The number of β-lactam (4-membered cyclic amide) rings is 1. The van der Waals surface area contributed by atoms with Crippen molar-refractivity contribution in [2.24, 2.45) is 11.5 Å². The molecule has 2 aliphatic heterocycles. The highest BCUT2D eigenvalue weighted by Gasteiger charge is 2.54. The van der Waals surface area contributed by atoms with E-state index in [0.717, 1.165) is 4.90 Å². The second kappa shape index (κ2) is 12.2. The molecule has 0 aliphatic carbocycles. The van der Waals surface area contributed by atoms with Crippen LogP contribution in [0.5, 0.6) is 0 Å². The van der Waals surface area contributed by atoms with E-state index in [9.17, 15) is 28.8 Å². The number of ether oxygens (including phenoxy) is 3. The van der Waals surface area contributed by atoms with E-state index in [1.54, 1.807) is 12.1 Å². The molecule has 3 atom stereocenters. The van der Waals surface area contributed by atoms with Gasteiger partial charge in [-0.25, -0.2) is 14.4 Å². The van der Waals surface area contributed by atoms with Crippen LogP contribution in [-0.2, 0) is 35.0 Å². The molecule has 1 fully saturated rings. The van der Waals surface area contributed by atoms with Gasteiger partial charge < -0.3 is 41.2 Å². The number of amides is 4. The second-order valence-corrected chi connectivity index (χ2v) is 8.99. The molecule has 38 heavy (non-hydrogen) atoms. The predicted molar refractivity (Wildman–Crippen MR) is 127 cm³/mol. The Morgan fingerprint density at radius 1 is 1.13 bits per heavy atom. The Morgan fingerprint density at radius 2 is 1.82 bits per heavy atom. The van der Waals surface area contributed by atoms with E-state index in [1.807, 2.05) is 0 Å². The van der Waals surface area contributed by atoms with Crippen LogP contribution in [-0.4, -0.2) is 87.7 Å². The number of fused-ring (bicyclic) bond motifs is 1. The van der Waals surface area contributed by atoms with Gasteiger partial charge in [-0.05, 0) is 17.7 Å². The summed E-state index contributed by atoms with van der Waals surface area (Å²) in [6.07, 6.45) is -3.76. The number of rotatable bonds is 10. The highest BCUT2D eigenvalue weighted by atomic mass is 32.2. The smallest absolute Gasteiger partial charge is 0.480 e. The number of nitrogens with one attached hydrogen (secondary N) is 2. The zero-order chi connectivity index (χ0) is 28.0. The average Bonchev–Trinajstić information content (AvgIpc) is 2.85. The third-order valence-corrected chi connectivity index (χ3v) is 6.50. The average molecular weight is 554 g/mol. The summed E-state index contributed by atoms with van der Waals surface area (Å²) in [5.41, 5.74) is 11.3.